The molecule has 0 spiro atoms. The minimum absolute atomic E-state index is 0.0178. The lowest BCUT2D eigenvalue weighted by Gasteiger charge is -2.33. The normalized spacial score (nSPS) is 18.9. The highest BCUT2D eigenvalue weighted by Gasteiger charge is 2.25. The number of likely N-dealkylation sites (tertiary alicyclic amines) is 1. The van der Waals surface area contributed by atoms with Crippen LogP contribution in [0.1, 0.15) is 45.6 Å². The molecule has 2 amide bonds. The molecule has 1 saturated heterocycles. The van der Waals surface area contributed by atoms with Crippen molar-refractivity contribution >= 4 is 17.7 Å². The molecule has 3 N–H and O–H groups in total. The largest absolute Gasteiger partial charge is 0.490 e. The van der Waals surface area contributed by atoms with Crippen molar-refractivity contribution in [1.82, 2.24) is 10.2 Å². The number of aliphatic hydroxyl groups is 1. The molecule has 0 aromatic heterocycles. The van der Waals surface area contributed by atoms with Gasteiger partial charge in [0.25, 0.3) is 0 Å². The molecule has 3 rings (SSSR count). The van der Waals surface area contributed by atoms with E-state index in [2.05, 4.69) is 15.5 Å². The van der Waals surface area contributed by atoms with Gasteiger partial charge in [-0.1, -0.05) is 6.07 Å². The number of alkyl carbamates (subject to hydrolysis) is 1. The summed E-state index contributed by atoms with van der Waals surface area (Å²) in [4.78, 5) is 25.6. The summed E-state index contributed by atoms with van der Waals surface area (Å²) in [5.41, 5.74) is 1.27. The number of piperidine rings is 1. The maximum absolute atomic E-state index is 11.9. The summed E-state index contributed by atoms with van der Waals surface area (Å²) in [5, 5.41) is 16.2. The highest BCUT2D eigenvalue weighted by molar-refractivity contribution is 5.94. The summed E-state index contributed by atoms with van der Waals surface area (Å²) >= 11 is 0. The van der Waals surface area contributed by atoms with E-state index in [-0.39, 0.29) is 24.6 Å². The Morgan fingerprint density at radius 2 is 2.03 bits per heavy atom. The van der Waals surface area contributed by atoms with E-state index in [4.69, 9.17) is 9.47 Å². The number of carbonyl (C=O) groups is 2. The van der Waals surface area contributed by atoms with Crippen LogP contribution in [-0.4, -0.2) is 66.0 Å². The average molecular weight is 420 g/mol. The molecule has 1 aromatic carbocycles. The summed E-state index contributed by atoms with van der Waals surface area (Å²) in [6, 6.07) is 5.67. The van der Waals surface area contributed by atoms with E-state index in [0.29, 0.717) is 25.1 Å². The van der Waals surface area contributed by atoms with E-state index < -0.39 is 11.7 Å². The molecule has 8 nitrogen and oxygen atoms in total. The van der Waals surface area contributed by atoms with E-state index in [1.807, 2.05) is 39.0 Å². The molecule has 0 saturated carbocycles. The summed E-state index contributed by atoms with van der Waals surface area (Å²) < 4.78 is 11.2. The first-order chi connectivity index (χ1) is 14.2. The average Bonchev–Trinajstić information content (AvgIpc) is 2.66. The molecule has 1 aromatic rings. The second-order valence-electron chi connectivity index (χ2n) is 9.02. The molecule has 1 fully saturated rings. The van der Waals surface area contributed by atoms with Crippen LogP contribution in [0.4, 0.5) is 10.5 Å². The molecule has 8 heteroatoms. The predicted molar refractivity (Wildman–Crippen MR) is 114 cm³/mol. The van der Waals surface area contributed by atoms with Crippen molar-refractivity contribution in [3.63, 3.8) is 0 Å². The summed E-state index contributed by atoms with van der Waals surface area (Å²) in [7, 11) is 0. The first kappa shape index (κ1) is 22.4. The molecule has 0 aliphatic carbocycles. The van der Waals surface area contributed by atoms with E-state index in [1.165, 1.54) is 0 Å². The highest BCUT2D eigenvalue weighted by atomic mass is 16.6. The summed E-state index contributed by atoms with van der Waals surface area (Å²) in [5.74, 6) is 0.732. The fourth-order valence-electron chi connectivity index (χ4n) is 3.80. The van der Waals surface area contributed by atoms with Gasteiger partial charge >= 0.3 is 6.09 Å². The van der Waals surface area contributed by atoms with Crippen molar-refractivity contribution in [1.29, 1.82) is 0 Å². The molecule has 0 radical (unpaired) electrons. The standard InChI is InChI=1S/C22H33N3O5/c1-22(2,3)30-21(28)23-15-9-11-25(12-10-15)13-16(26)14-29-19-6-4-5-18-17(19)7-8-20(27)24-18/h4-6,15-16,26H,7-14H2,1-3H3,(H,23,28)(H,24,27). The van der Waals surface area contributed by atoms with Crippen LogP contribution < -0.4 is 15.4 Å². The fraction of sp³-hybridized carbons (Fsp3) is 0.636. The van der Waals surface area contributed by atoms with Gasteiger partial charge in [-0.25, -0.2) is 4.79 Å². The van der Waals surface area contributed by atoms with Gasteiger partial charge in [0.15, 0.2) is 0 Å². The predicted octanol–water partition coefficient (Wildman–Crippen LogP) is 2.30. The van der Waals surface area contributed by atoms with Gasteiger partial charge in [-0.15, -0.1) is 0 Å². The molecule has 2 heterocycles. The third-order valence-corrected chi connectivity index (χ3v) is 5.22. The Morgan fingerprint density at radius 3 is 2.73 bits per heavy atom. The van der Waals surface area contributed by atoms with Crippen LogP contribution in [0.2, 0.25) is 0 Å². The quantitative estimate of drug-likeness (QED) is 0.654. The fourth-order valence-corrected chi connectivity index (χ4v) is 3.80. The van der Waals surface area contributed by atoms with Crippen LogP contribution in [0.5, 0.6) is 5.75 Å². The maximum atomic E-state index is 11.9. The van der Waals surface area contributed by atoms with Crippen LogP contribution in [0.15, 0.2) is 18.2 Å². The van der Waals surface area contributed by atoms with Gasteiger partial charge in [-0.3, -0.25) is 4.79 Å². The first-order valence-corrected chi connectivity index (χ1v) is 10.6. The van der Waals surface area contributed by atoms with Crippen molar-refractivity contribution in [2.75, 3.05) is 31.6 Å². The lowest BCUT2D eigenvalue weighted by molar-refractivity contribution is -0.116. The second kappa shape index (κ2) is 9.66. The van der Waals surface area contributed by atoms with Gasteiger partial charge in [0, 0.05) is 43.3 Å². The number of nitrogens with zero attached hydrogens (tertiary/aromatic N) is 1. The van der Waals surface area contributed by atoms with Crippen LogP contribution in [0, 0.1) is 0 Å². The molecule has 166 valence electrons. The Balaban J connectivity index is 1.40. The molecule has 1 atom stereocenters. The zero-order valence-corrected chi connectivity index (χ0v) is 18.1. The third-order valence-electron chi connectivity index (χ3n) is 5.22. The van der Waals surface area contributed by atoms with Crippen molar-refractivity contribution in [3.05, 3.63) is 23.8 Å². The number of benzene rings is 1. The highest BCUT2D eigenvalue weighted by Crippen LogP contribution is 2.31. The number of β-amino-alcohol motifs (C(OH)–C–C–N with tert-alkyl or cyclic N) is 1. The smallest absolute Gasteiger partial charge is 0.407 e. The molecule has 0 bridgehead atoms. The van der Waals surface area contributed by atoms with Crippen LogP contribution in [0.3, 0.4) is 0 Å². The molecule has 2 aliphatic heterocycles. The minimum atomic E-state index is -0.616. The number of aliphatic hydroxyl groups excluding tert-OH is 1. The molecule has 1 unspecified atom stereocenters. The number of rotatable bonds is 6. The number of anilines is 1. The van der Waals surface area contributed by atoms with Gasteiger partial charge in [-0.2, -0.15) is 0 Å². The van der Waals surface area contributed by atoms with E-state index in [9.17, 15) is 14.7 Å². The lowest BCUT2D eigenvalue weighted by Crippen LogP contribution is -2.48. The Morgan fingerprint density at radius 1 is 1.30 bits per heavy atom. The Bertz CT molecular complexity index is 754. The number of carbonyl (C=O) groups excluding carboxylic acids is 2. The van der Waals surface area contributed by atoms with Gasteiger partial charge < -0.3 is 30.1 Å². The number of fused-ring (bicyclic) bond motifs is 1. The Kier molecular flexibility index (Phi) is 7.20. The Labute approximate surface area is 177 Å². The van der Waals surface area contributed by atoms with Gasteiger partial charge in [0.2, 0.25) is 5.91 Å². The van der Waals surface area contributed by atoms with Crippen LogP contribution >= 0.6 is 0 Å². The first-order valence-electron chi connectivity index (χ1n) is 10.6. The van der Waals surface area contributed by atoms with Crippen LogP contribution in [-0.2, 0) is 16.0 Å². The van der Waals surface area contributed by atoms with Crippen LogP contribution in [0.25, 0.3) is 0 Å². The molecule has 30 heavy (non-hydrogen) atoms. The van der Waals surface area contributed by atoms with Gasteiger partial charge in [-0.05, 0) is 52.2 Å². The van der Waals surface area contributed by atoms with Crippen molar-refractivity contribution in [2.45, 2.75) is 64.2 Å². The summed E-state index contributed by atoms with van der Waals surface area (Å²) in [6.45, 7) is 7.85. The molecule has 2 aliphatic rings. The monoisotopic (exact) mass is 419 g/mol. The second-order valence-corrected chi connectivity index (χ2v) is 9.02. The van der Waals surface area contributed by atoms with E-state index in [0.717, 1.165) is 37.2 Å². The zero-order valence-electron chi connectivity index (χ0n) is 18.1. The van der Waals surface area contributed by atoms with E-state index >= 15 is 0 Å². The van der Waals surface area contributed by atoms with Gasteiger partial charge in [0.05, 0.1) is 0 Å². The van der Waals surface area contributed by atoms with E-state index in [1.54, 1.807) is 0 Å². The molecular weight excluding hydrogens is 386 g/mol. The van der Waals surface area contributed by atoms with Crippen molar-refractivity contribution in [2.24, 2.45) is 0 Å². The lowest BCUT2D eigenvalue weighted by atomic mass is 10.0. The SMILES string of the molecule is CC(C)(C)OC(=O)NC1CCN(CC(O)COc2cccc3c2CCC(=O)N3)CC1. The summed E-state index contributed by atoms with van der Waals surface area (Å²) in [6.07, 6.45) is 1.73. The van der Waals surface area contributed by atoms with Crippen molar-refractivity contribution < 1.29 is 24.2 Å². The number of ether oxygens (including phenoxy) is 2. The Hall–Kier alpha value is -2.32. The number of nitrogens with one attached hydrogen (secondary N) is 2. The van der Waals surface area contributed by atoms with Crippen molar-refractivity contribution in [3.8, 4) is 5.75 Å². The number of hydrogen-bond acceptors (Lipinski definition) is 6. The molecular formula is C22H33N3O5. The zero-order chi connectivity index (χ0) is 21.7. The third kappa shape index (κ3) is 6.60. The number of hydrogen-bond donors (Lipinski definition) is 3. The topological polar surface area (TPSA) is 100 Å². The minimum Gasteiger partial charge on any atom is -0.490 e. The van der Waals surface area contributed by atoms with Gasteiger partial charge in [0.1, 0.15) is 24.1 Å². The number of amides is 2. The maximum Gasteiger partial charge on any atom is 0.407 e.